The second-order valence-electron chi connectivity index (χ2n) is 6.35. The molecule has 0 N–H and O–H groups in total. The van der Waals surface area contributed by atoms with E-state index in [4.69, 9.17) is 9.47 Å². The van der Waals surface area contributed by atoms with Crippen LogP contribution >= 0.6 is 0 Å². The molecule has 0 aromatic heterocycles. The van der Waals surface area contributed by atoms with Crippen LogP contribution < -0.4 is 9.47 Å². The number of fused-ring (bicyclic) bond motifs is 1. The van der Waals surface area contributed by atoms with Crippen molar-refractivity contribution in [1.29, 1.82) is 0 Å². The average Bonchev–Trinajstić information content (AvgIpc) is 2.75. The van der Waals surface area contributed by atoms with Gasteiger partial charge in [-0.1, -0.05) is 24.3 Å². The lowest BCUT2D eigenvalue weighted by Crippen LogP contribution is -1.93. The van der Waals surface area contributed by atoms with E-state index in [0.29, 0.717) is 23.0 Å². The van der Waals surface area contributed by atoms with Crippen LogP contribution in [0.15, 0.2) is 84.9 Å². The van der Waals surface area contributed by atoms with E-state index < -0.39 is 9.85 Å². The zero-order chi connectivity index (χ0) is 21.1. The van der Waals surface area contributed by atoms with Gasteiger partial charge < -0.3 is 9.47 Å². The van der Waals surface area contributed by atoms with E-state index >= 15 is 0 Å². The van der Waals surface area contributed by atoms with Crippen LogP contribution in [0.2, 0.25) is 0 Å². The molecule has 0 radical (unpaired) electrons. The molecule has 0 saturated carbocycles. The molecule has 0 aliphatic rings. The number of benzene rings is 4. The molecule has 148 valence electrons. The number of ether oxygens (including phenoxy) is 2. The van der Waals surface area contributed by atoms with Crippen molar-refractivity contribution in [1.82, 2.24) is 0 Å². The maximum Gasteiger partial charge on any atom is 0.269 e. The Labute approximate surface area is 170 Å². The predicted molar refractivity (Wildman–Crippen MR) is 110 cm³/mol. The number of hydrogen-bond donors (Lipinski definition) is 0. The largest absolute Gasteiger partial charge is 0.453 e. The number of nitrogens with zero attached hydrogens (tertiary/aromatic N) is 2. The lowest BCUT2D eigenvalue weighted by atomic mass is 10.1. The molecular formula is C22H14N2O6. The Hall–Kier alpha value is -4.46. The zero-order valence-electron chi connectivity index (χ0n) is 15.4. The van der Waals surface area contributed by atoms with Crippen LogP contribution in [0.1, 0.15) is 0 Å². The van der Waals surface area contributed by atoms with Crippen LogP contribution in [0.3, 0.4) is 0 Å². The summed E-state index contributed by atoms with van der Waals surface area (Å²) < 4.78 is 11.9. The Bertz CT molecular complexity index is 1140. The third kappa shape index (κ3) is 4.02. The Morgan fingerprint density at radius 1 is 0.567 bits per heavy atom. The van der Waals surface area contributed by atoms with E-state index in [1.54, 1.807) is 12.1 Å². The fraction of sp³-hybridized carbons (Fsp3) is 0. The van der Waals surface area contributed by atoms with Gasteiger partial charge in [-0.2, -0.15) is 0 Å². The number of nitro groups is 2. The molecule has 0 fully saturated rings. The maximum absolute atomic E-state index is 10.8. The molecule has 8 nitrogen and oxygen atoms in total. The van der Waals surface area contributed by atoms with Gasteiger partial charge in [0, 0.05) is 24.3 Å². The summed E-state index contributed by atoms with van der Waals surface area (Å²) in [4.78, 5) is 20.7. The second kappa shape index (κ2) is 7.88. The van der Waals surface area contributed by atoms with Crippen LogP contribution in [0.4, 0.5) is 11.4 Å². The van der Waals surface area contributed by atoms with Crippen molar-refractivity contribution < 1.29 is 19.3 Å². The van der Waals surface area contributed by atoms with Gasteiger partial charge in [0.1, 0.15) is 11.5 Å². The first kappa shape index (κ1) is 18.9. The summed E-state index contributed by atoms with van der Waals surface area (Å²) in [6.07, 6.45) is 0. The predicted octanol–water partition coefficient (Wildman–Crippen LogP) is 6.24. The minimum absolute atomic E-state index is 0.0387. The van der Waals surface area contributed by atoms with Crippen LogP contribution in [-0.4, -0.2) is 9.85 Å². The van der Waals surface area contributed by atoms with Gasteiger partial charge in [-0.25, -0.2) is 0 Å². The molecule has 30 heavy (non-hydrogen) atoms. The second-order valence-corrected chi connectivity index (χ2v) is 6.35. The first-order valence-electron chi connectivity index (χ1n) is 8.87. The number of nitro benzene ring substituents is 2. The molecule has 0 amide bonds. The highest BCUT2D eigenvalue weighted by atomic mass is 16.6. The molecule has 0 bridgehead atoms. The molecule has 4 aromatic rings. The smallest absolute Gasteiger partial charge is 0.269 e. The molecule has 0 spiro atoms. The Morgan fingerprint density at radius 2 is 0.933 bits per heavy atom. The fourth-order valence-corrected chi connectivity index (χ4v) is 2.88. The van der Waals surface area contributed by atoms with Crippen molar-refractivity contribution in [2.75, 3.05) is 0 Å². The minimum atomic E-state index is -0.483. The maximum atomic E-state index is 10.8. The fourth-order valence-electron chi connectivity index (χ4n) is 2.88. The van der Waals surface area contributed by atoms with E-state index in [-0.39, 0.29) is 11.4 Å². The lowest BCUT2D eigenvalue weighted by molar-refractivity contribution is -0.385. The number of hydrogen-bond acceptors (Lipinski definition) is 6. The van der Waals surface area contributed by atoms with E-state index in [2.05, 4.69) is 0 Å². The van der Waals surface area contributed by atoms with Gasteiger partial charge in [0.05, 0.1) is 9.85 Å². The standard InChI is InChI=1S/C22H14N2O6/c25-23(26)17-5-9-19(10-6-17)29-21-13-15-3-1-2-4-16(15)14-22(21)30-20-11-7-18(8-12-20)24(27)28/h1-14H. The third-order valence-corrected chi connectivity index (χ3v) is 4.36. The van der Waals surface area contributed by atoms with Crippen molar-refractivity contribution in [3.05, 3.63) is 105 Å². The topological polar surface area (TPSA) is 105 Å². The van der Waals surface area contributed by atoms with Gasteiger partial charge in [0.2, 0.25) is 0 Å². The zero-order valence-corrected chi connectivity index (χ0v) is 15.4. The summed E-state index contributed by atoms with van der Waals surface area (Å²) in [5.41, 5.74) is -0.0774. The Morgan fingerprint density at radius 3 is 1.27 bits per heavy atom. The highest BCUT2D eigenvalue weighted by Gasteiger charge is 2.13. The van der Waals surface area contributed by atoms with Crippen molar-refractivity contribution in [3.8, 4) is 23.0 Å². The molecular weight excluding hydrogens is 388 g/mol. The minimum Gasteiger partial charge on any atom is -0.453 e. The Balaban J connectivity index is 1.69. The van der Waals surface area contributed by atoms with Gasteiger partial charge in [-0.3, -0.25) is 20.2 Å². The molecule has 0 unspecified atom stereocenters. The number of rotatable bonds is 6. The van der Waals surface area contributed by atoms with E-state index in [0.717, 1.165) is 10.8 Å². The molecule has 0 aliphatic heterocycles. The highest BCUT2D eigenvalue weighted by molar-refractivity contribution is 5.86. The first-order chi connectivity index (χ1) is 14.5. The molecule has 0 heterocycles. The van der Waals surface area contributed by atoms with Crippen molar-refractivity contribution in [3.63, 3.8) is 0 Å². The van der Waals surface area contributed by atoms with Crippen LogP contribution in [0.5, 0.6) is 23.0 Å². The van der Waals surface area contributed by atoms with Crippen molar-refractivity contribution >= 4 is 22.1 Å². The van der Waals surface area contributed by atoms with Gasteiger partial charge in [-0.05, 0) is 47.2 Å². The average molecular weight is 402 g/mol. The molecule has 0 atom stereocenters. The molecule has 8 heteroatoms. The SMILES string of the molecule is O=[N+]([O-])c1ccc(Oc2cc3ccccc3cc2Oc2ccc([N+](=O)[O-])cc2)cc1. The lowest BCUT2D eigenvalue weighted by Gasteiger charge is -2.14. The van der Waals surface area contributed by atoms with E-state index in [9.17, 15) is 20.2 Å². The monoisotopic (exact) mass is 402 g/mol. The third-order valence-electron chi connectivity index (χ3n) is 4.36. The van der Waals surface area contributed by atoms with E-state index in [1.165, 1.54) is 48.5 Å². The molecule has 4 rings (SSSR count). The van der Waals surface area contributed by atoms with Gasteiger partial charge in [-0.15, -0.1) is 0 Å². The normalized spacial score (nSPS) is 10.5. The summed E-state index contributed by atoms with van der Waals surface area (Å²) in [7, 11) is 0. The highest BCUT2D eigenvalue weighted by Crippen LogP contribution is 2.38. The summed E-state index contributed by atoms with van der Waals surface area (Å²) in [5, 5.41) is 23.5. The van der Waals surface area contributed by atoms with Crippen molar-refractivity contribution in [2.45, 2.75) is 0 Å². The summed E-state index contributed by atoms with van der Waals surface area (Å²) in [5.74, 6) is 1.62. The van der Waals surface area contributed by atoms with Crippen LogP contribution in [0, 0.1) is 20.2 Å². The first-order valence-corrected chi connectivity index (χ1v) is 8.87. The molecule has 0 aliphatic carbocycles. The summed E-state index contributed by atoms with van der Waals surface area (Å²) >= 11 is 0. The van der Waals surface area contributed by atoms with Gasteiger partial charge >= 0.3 is 0 Å². The summed E-state index contributed by atoms with van der Waals surface area (Å²) in [6.45, 7) is 0. The van der Waals surface area contributed by atoms with E-state index in [1.807, 2.05) is 24.3 Å². The Kier molecular flexibility index (Phi) is 4.96. The number of non-ortho nitro benzene ring substituents is 2. The molecule has 4 aromatic carbocycles. The molecule has 0 saturated heterocycles. The van der Waals surface area contributed by atoms with Crippen LogP contribution in [-0.2, 0) is 0 Å². The van der Waals surface area contributed by atoms with Crippen LogP contribution in [0.25, 0.3) is 10.8 Å². The quantitative estimate of drug-likeness (QED) is 0.279. The van der Waals surface area contributed by atoms with Gasteiger partial charge in [0.25, 0.3) is 11.4 Å². The van der Waals surface area contributed by atoms with Gasteiger partial charge in [0.15, 0.2) is 11.5 Å². The van der Waals surface area contributed by atoms with Crippen molar-refractivity contribution in [2.24, 2.45) is 0 Å². The summed E-state index contributed by atoms with van der Waals surface area (Å²) in [6, 6.07) is 22.7.